The van der Waals surface area contributed by atoms with Crippen LogP contribution in [0.1, 0.15) is 28.5 Å². The zero-order chi connectivity index (χ0) is 25.8. The molecule has 4 aromatic rings. The molecule has 0 bridgehead atoms. The van der Waals surface area contributed by atoms with Crippen molar-refractivity contribution in [3.05, 3.63) is 106 Å². The Morgan fingerprint density at radius 1 is 0.889 bits per heavy atom. The number of hydrogen-bond donors (Lipinski definition) is 2. The van der Waals surface area contributed by atoms with Gasteiger partial charge in [0.1, 0.15) is 11.4 Å². The zero-order valence-electron chi connectivity index (χ0n) is 20.6. The normalized spacial score (nSPS) is 11.6. The van der Waals surface area contributed by atoms with Gasteiger partial charge < -0.3 is 15.4 Å². The summed E-state index contributed by atoms with van der Waals surface area (Å²) in [5.41, 5.74) is 3.01. The quantitative estimate of drug-likeness (QED) is 0.405. The molecule has 3 aromatic carbocycles. The lowest BCUT2D eigenvalue weighted by atomic mass is 10.1. The van der Waals surface area contributed by atoms with Gasteiger partial charge in [-0.05, 0) is 63.2 Å². The summed E-state index contributed by atoms with van der Waals surface area (Å²) in [6.07, 6.45) is -0.742. The molecule has 8 nitrogen and oxygen atoms in total. The average molecular weight is 485 g/mol. The van der Waals surface area contributed by atoms with Crippen molar-refractivity contribution in [2.75, 3.05) is 10.6 Å². The van der Waals surface area contributed by atoms with Crippen molar-refractivity contribution in [1.82, 2.24) is 9.36 Å². The molecular formula is C28H28N4O4. The Balaban J connectivity index is 1.48. The van der Waals surface area contributed by atoms with Crippen molar-refractivity contribution in [3.8, 4) is 11.4 Å². The standard InChI is InChI=1S/C28H28N4O4/c1-18-13-15-24(16-14-18)36-20(3)26(33)29-22-10-8-9-21(17-22)27(34)30-25-19(2)31(4)32(28(25)35)23-11-6-5-7-12-23/h5-17,20H,1-4H3,(H,29,33)(H,30,34)/t20-/m1/s1. The molecule has 1 atom stereocenters. The van der Waals surface area contributed by atoms with Crippen LogP contribution in [-0.4, -0.2) is 27.3 Å². The van der Waals surface area contributed by atoms with Gasteiger partial charge in [0.2, 0.25) is 0 Å². The van der Waals surface area contributed by atoms with Gasteiger partial charge in [-0.15, -0.1) is 0 Å². The fourth-order valence-electron chi connectivity index (χ4n) is 3.75. The van der Waals surface area contributed by atoms with E-state index in [1.54, 1.807) is 62.0 Å². The van der Waals surface area contributed by atoms with Crippen LogP contribution in [0.5, 0.6) is 5.75 Å². The number of hydrogen-bond acceptors (Lipinski definition) is 4. The highest BCUT2D eigenvalue weighted by molar-refractivity contribution is 6.05. The van der Waals surface area contributed by atoms with E-state index in [0.717, 1.165) is 5.56 Å². The summed E-state index contributed by atoms with van der Waals surface area (Å²) in [5.74, 6) is -0.213. The fraction of sp³-hybridized carbons (Fsp3) is 0.179. The van der Waals surface area contributed by atoms with E-state index in [4.69, 9.17) is 4.74 Å². The Morgan fingerprint density at radius 2 is 1.58 bits per heavy atom. The van der Waals surface area contributed by atoms with E-state index >= 15 is 0 Å². The Morgan fingerprint density at radius 3 is 2.28 bits per heavy atom. The summed E-state index contributed by atoms with van der Waals surface area (Å²) in [6, 6.07) is 23.1. The van der Waals surface area contributed by atoms with Gasteiger partial charge in [0.15, 0.2) is 6.10 Å². The minimum atomic E-state index is -0.742. The first-order chi connectivity index (χ1) is 17.2. The van der Waals surface area contributed by atoms with Crippen LogP contribution in [0, 0.1) is 13.8 Å². The smallest absolute Gasteiger partial charge is 0.295 e. The second kappa shape index (κ2) is 10.4. The van der Waals surface area contributed by atoms with Crippen molar-refractivity contribution in [2.45, 2.75) is 26.9 Å². The number of rotatable bonds is 7. The SMILES string of the molecule is Cc1ccc(O[C@H](C)C(=O)Nc2cccc(C(=O)Nc3c(C)n(C)n(-c4ccccc4)c3=O)c2)cc1. The Hall–Kier alpha value is -4.59. The minimum absolute atomic E-state index is 0.195. The molecule has 1 aromatic heterocycles. The number of benzene rings is 3. The second-order valence-electron chi connectivity index (χ2n) is 8.53. The van der Waals surface area contributed by atoms with Gasteiger partial charge in [-0.1, -0.05) is 42.0 Å². The van der Waals surface area contributed by atoms with E-state index in [0.29, 0.717) is 28.4 Å². The molecule has 2 amide bonds. The number of amides is 2. The molecular weight excluding hydrogens is 456 g/mol. The molecule has 4 rings (SSSR count). The molecule has 0 aliphatic carbocycles. The third kappa shape index (κ3) is 5.22. The van der Waals surface area contributed by atoms with Crippen LogP contribution < -0.4 is 20.9 Å². The van der Waals surface area contributed by atoms with Gasteiger partial charge in [-0.3, -0.25) is 19.1 Å². The Bertz CT molecular complexity index is 1450. The summed E-state index contributed by atoms with van der Waals surface area (Å²) in [7, 11) is 1.76. The molecule has 0 radical (unpaired) electrons. The van der Waals surface area contributed by atoms with Crippen molar-refractivity contribution in [3.63, 3.8) is 0 Å². The largest absolute Gasteiger partial charge is 0.481 e. The summed E-state index contributed by atoms with van der Waals surface area (Å²) in [4.78, 5) is 38.7. The molecule has 0 saturated carbocycles. The topological polar surface area (TPSA) is 94.4 Å². The number of carbonyl (C=O) groups is 2. The van der Waals surface area contributed by atoms with Crippen molar-refractivity contribution in [2.24, 2.45) is 7.05 Å². The molecule has 0 spiro atoms. The molecule has 0 saturated heterocycles. The van der Waals surface area contributed by atoms with Gasteiger partial charge in [-0.25, -0.2) is 4.68 Å². The third-order valence-corrected chi connectivity index (χ3v) is 5.89. The van der Waals surface area contributed by atoms with E-state index in [-0.39, 0.29) is 17.2 Å². The molecule has 36 heavy (non-hydrogen) atoms. The van der Waals surface area contributed by atoms with Crippen LogP contribution >= 0.6 is 0 Å². The first-order valence-corrected chi connectivity index (χ1v) is 11.5. The molecule has 0 aliphatic rings. The number of nitrogens with one attached hydrogen (secondary N) is 2. The molecule has 0 aliphatic heterocycles. The van der Waals surface area contributed by atoms with E-state index in [1.165, 1.54) is 4.68 Å². The third-order valence-electron chi connectivity index (χ3n) is 5.89. The molecule has 184 valence electrons. The minimum Gasteiger partial charge on any atom is -0.481 e. The number of carbonyl (C=O) groups excluding carboxylic acids is 2. The lowest BCUT2D eigenvalue weighted by Crippen LogP contribution is -2.30. The highest BCUT2D eigenvalue weighted by atomic mass is 16.5. The van der Waals surface area contributed by atoms with E-state index in [1.807, 2.05) is 49.4 Å². The maximum atomic E-state index is 13.1. The summed E-state index contributed by atoms with van der Waals surface area (Å²) in [6.45, 7) is 5.39. The first-order valence-electron chi connectivity index (χ1n) is 11.5. The van der Waals surface area contributed by atoms with Crippen LogP contribution in [0.4, 0.5) is 11.4 Å². The number of ether oxygens (including phenoxy) is 1. The maximum Gasteiger partial charge on any atom is 0.295 e. The first kappa shape index (κ1) is 24.5. The van der Waals surface area contributed by atoms with Crippen LogP contribution in [0.25, 0.3) is 5.69 Å². The predicted octanol–water partition coefficient (Wildman–Crippen LogP) is 4.45. The van der Waals surface area contributed by atoms with Gasteiger partial charge in [-0.2, -0.15) is 0 Å². The number of aryl methyl sites for hydroxylation is 1. The Labute approximate surface area is 209 Å². The zero-order valence-corrected chi connectivity index (χ0v) is 20.6. The number of para-hydroxylation sites is 1. The lowest BCUT2D eigenvalue weighted by Gasteiger charge is -2.15. The summed E-state index contributed by atoms with van der Waals surface area (Å²) >= 11 is 0. The second-order valence-corrected chi connectivity index (χ2v) is 8.53. The lowest BCUT2D eigenvalue weighted by molar-refractivity contribution is -0.122. The van der Waals surface area contributed by atoms with Gasteiger partial charge in [0, 0.05) is 18.3 Å². The van der Waals surface area contributed by atoms with Gasteiger partial charge in [0.05, 0.1) is 11.4 Å². The highest BCUT2D eigenvalue weighted by Gasteiger charge is 2.20. The van der Waals surface area contributed by atoms with Crippen molar-refractivity contribution < 1.29 is 14.3 Å². The van der Waals surface area contributed by atoms with E-state index < -0.39 is 12.0 Å². The van der Waals surface area contributed by atoms with Crippen LogP contribution in [0.15, 0.2) is 83.7 Å². The molecule has 0 unspecified atom stereocenters. The van der Waals surface area contributed by atoms with Gasteiger partial charge in [0.25, 0.3) is 17.4 Å². The predicted molar refractivity (Wildman–Crippen MR) is 140 cm³/mol. The molecule has 8 heteroatoms. The summed E-state index contributed by atoms with van der Waals surface area (Å²) < 4.78 is 8.90. The van der Waals surface area contributed by atoms with Crippen LogP contribution in [-0.2, 0) is 11.8 Å². The van der Waals surface area contributed by atoms with Crippen LogP contribution in [0.3, 0.4) is 0 Å². The van der Waals surface area contributed by atoms with Crippen molar-refractivity contribution >= 4 is 23.2 Å². The van der Waals surface area contributed by atoms with E-state index in [9.17, 15) is 14.4 Å². The average Bonchev–Trinajstić information content (AvgIpc) is 3.09. The number of nitrogens with zero attached hydrogens (tertiary/aromatic N) is 2. The molecule has 0 fully saturated rings. The number of aromatic nitrogens is 2. The highest BCUT2D eigenvalue weighted by Crippen LogP contribution is 2.18. The van der Waals surface area contributed by atoms with E-state index in [2.05, 4.69) is 10.6 Å². The van der Waals surface area contributed by atoms with Gasteiger partial charge >= 0.3 is 0 Å². The molecule has 2 N–H and O–H groups in total. The van der Waals surface area contributed by atoms with Crippen LogP contribution in [0.2, 0.25) is 0 Å². The number of anilines is 2. The molecule has 1 heterocycles. The Kier molecular flexibility index (Phi) is 7.05. The fourth-order valence-corrected chi connectivity index (χ4v) is 3.75. The van der Waals surface area contributed by atoms with Crippen molar-refractivity contribution in [1.29, 1.82) is 0 Å². The maximum absolute atomic E-state index is 13.1. The monoisotopic (exact) mass is 484 g/mol. The summed E-state index contributed by atoms with van der Waals surface area (Å²) in [5, 5.41) is 5.51.